The van der Waals surface area contributed by atoms with E-state index in [1.54, 1.807) is 18.5 Å². The van der Waals surface area contributed by atoms with Crippen LogP contribution in [0, 0.1) is 17.2 Å². The Morgan fingerprint density at radius 1 is 0.591 bits per heavy atom. The minimum atomic E-state index is -1.74. The first-order valence-electron chi connectivity index (χ1n) is 46.8. The average Bonchev–Trinajstić information content (AvgIpc) is 1.54. The first-order valence-corrected chi connectivity index (χ1v) is 47.9. The van der Waals surface area contributed by atoms with E-state index in [2.05, 4.69) is 73.4 Å². The molecule has 14 atom stereocenters. The van der Waals surface area contributed by atoms with Crippen LogP contribution in [-0.4, -0.2) is 280 Å². The van der Waals surface area contributed by atoms with Crippen molar-refractivity contribution in [3.05, 3.63) is 131 Å². The number of aromatic amines is 1. The monoisotopic (exact) mass is 1910 g/mol. The largest absolute Gasteiger partial charge is 0.508 e. The Labute approximate surface area is 798 Å². The molecule has 41 nitrogen and oxygen atoms in total. The van der Waals surface area contributed by atoms with Crippen molar-refractivity contribution in [2.45, 2.75) is 254 Å². The van der Waals surface area contributed by atoms with Crippen molar-refractivity contribution in [1.82, 2.24) is 92.6 Å². The molecule has 14 amide bonds. The number of thioether (sulfide) groups is 1. The minimum absolute atomic E-state index is 0.0163. The van der Waals surface area contributed by atoms with Crippen molar-refractivity contribution < 1.29 is 86.9 Å². The molecule has 0 radical (unpaired) electrons. The highest BCUT2D eigenvalue weighted by Crippen LogP contribution is 2.32. The predicted molar refractivity (Wildman–Crippen MR) is 509 cm³/mol. The molecule has 0 saturated carbocycles. The van der Waals surface area contributed by atoms with Gasteiger partial charge in [-0.05, 0) is 139 Å². The SMILES string of the molecule is CCCC[C@H]1C(=O)N[C@@H](CCCNC(=N)N)C(=O)N[C@H](C(=O)CCC(N)=O)CSCC(=O)N[C@@H](Cc2ccc(O)cc2)C(=O)N(C)[C@@H](C)C(=O)N[C@@H](CC(N)=O)C(=O)N2CCC[C@H]2C(=O)N[C@@H](CC2=CN=CC2)C(=O)N[C@@H](CC(C)C)C(=O)N2CCC[C@H]2C(=O)N[C@@H](Cc2c[nH]c3ccccc23)C(=O)C[C@@H](CO)C(=O)N[C@@H](Cc2cccc3ccccc23)c2nnnn2[C@@H](CCCC)C(=O)N1C. The number of aromatic nitrogens is 5. The number of aliphatic imine (C=N–C) groups is 1. The van der Waals surface area contributed by atoms with Crippen molar-refractivity contribution in [3.8, 4) is 5.75 Å². The van der Waals surface area contributed by atoms with Crippen LogP contribution in [0.3, 0.4) is 0 Å². The third-order valence-electron chi connectivity index (χ3n) is 25.3. The van der Waals surface area contributed by atoms with Crippen molar-refractivity contribution in [3.63, 3.8) is 0 Å². The second-order valence-corrected chi connectivity index (χ2v) is 36.9. The Balaban J connectivity index is 1.03. The molecule has 738 valence electrons. The smallest absolute Gasteiger partial charge is 0.248 e. The zero-order valence-corrected chi connectivity index (χ0v) is 79.3. The summed E-state index contributed by atoms with van der Waals surface area (Å²) >= 11 is 0.820. The van der Waals surface area contributed by atoms with Crippen molar-refractivity contribution in [2.75, 3.05) is 51.8 Å². The molecular weight excluding hydrogens is 1780 g/mol. The van der Waals surface area contributed by atoms with Crippen LogP contribution in [0.2, 0.25) is 0 Å². The number of likely N-dealkylation sites (N-methyl/N-ethyl adjacent to an activating group) is 2. The van der Waals surface area contributed by atoms with Gasteiger partial charge in [-0.1, -0.05) is 126 Å². The van der Waals surface area contributed by atoms with Crippen LogP contribution in [0.15, 0.2) is 114 Å². The first kappa shape index (κ1) is 106. The maximum absolute atomic E-state index is 15.9. The minimum Gasteiger partial charge on any atom is -0.508 e. The number of guanidine groups is 1. The van der Waals surface area contributed by atoms with Crippen LogP contribution in [0.1, 0.15) is 191 Å². The van der Waals surface area contributed by atoms with Crippen LogP contribution in [0.4, 0.5) is 0 Å². The van der Waals surface area contributed by atoms with Gasteiger partial charge in [-0.2, -0.15) is 0 Å². The summed E-state index contributed by atoms with van der Waals surface area (Å²) in [4.78, 5) is 249. The lowest BCUT2D eigenvalue weighted by Crippen LogP contribution is -2.60. The quantitative estimate of drug-likeness (QED) is 0.0199. The number of carbonyl (C=O) groups is 16. The number of hydrogen-bond donors (Lipinski definition) is 16. The number of aliphatic hydroxyl groups excluding tert-OH is 1. The molecule has 2 aromatic heterocycles. The number of unbranched alkanes of at least 4 members (excludes halogenated alkanes) is 2. The van der Waals surface area contributed by atoms with Crippen LogP contribution >= 0.6 is 11.8 Å². The van der Waals surface area contributed by atoms with E-state index in [4.69, 9.17) is 22.6 Å². The first-order chi connectivity index (χ1) is 65.6. The molecule has 0 spiro atoms. The number of amides is 14. The number of Topliss-reactive ketones (excluding diaryl/α,β-unsaturated/α-hetero) is 2. The zero-order valence-electron chi connectivity index (χ0n) is 78.4. The molecule has 4 aromatic carbocycles. The van der Waals surface area contributed by atoms with Gasteiger partial charge in [0.25, 0.3) is 0 Å². The molecule has 6 heterocycles. The van der Waals surface area contributed by atoms with E-state index in [1.807, 2.05) is 88.4 Å². The number of ketones is 2. The van der Waals surface area contributed by atoms with Gasteiger partial charge >= 0.3 is 0 Å². The lowest BCUT2D eigenvalue weighted by atomic mass is 9.93. The number of para-hydroxylation sites is 1. The maximum Gasteiger partial charge on any atom is 0.248 e. The summed E-state index contributed by atoms with van der Waals surface area (Å²) in [6.07, 6.45) is 4.56. The zero-order chi connectivity index (χ0) is 99.3. The Kier molecular flexibility index (Phi) is 39.2. The molecule has 6 aromatic rings. The molecule has 10 rings (SSSR count). The second-order valence-electron chi connectivity index (χ2n) is 35.9. The molecule has 2 saturated heterocycles. The van der Waals surface area contributed by atoms with Gasteiger partial charge in [0.1, 0.15) is 66.2 Å². The number of tetrazole rings is 1. The Morgan fingerprint density at radius 3 is 1.85 bits per heavy atom. The number of carbonyl (C=O) groups excluding carboxylic acids is 16. The number of H-pyrrole nitrogens is 1. The number of rotatable bonds is 27. The standard InChI is InChI=1S/C95H129N23O18S/c1-8-10-27-74-88(130)104-66(26-17-38-101-95(98)99)86(128)110-73(78(121)35-36-80(96)123)52-137-53-82(125)103-71(43-56-31-33-62(120)34-32-56)91(133)114(6)55(5)84(126)108-72(48-81(97)124)93(135)117-41-19-30-76(117)90(132)107-69(44-57-37-39-100-49-57)87(129)109-70(42-54(3)4)92(134)116-40-18-29-75(116)89(131)105-67(46-60-50-102-65-25-15-14-24-64(60)65)79(122)47-61(51-119)85(127)106-68(45-59-22-16-21-58-20-12-13-23-63(58)59)83-111-112-113-118(83)77(28-11-9-2)94(136)115(74)7/h12-16,20-25,31-34,39,49-50,54-55,61,66-77,102,119-120H,8-11,17-19,26-30,35-38,40-48,51-53H2,1-7H3,(H2,96,123)(H2,97,124)(H,103,125)(H,104,130)(H,105,131)(H,106,127)(H,107,132)(H,108,126)(H,109,129)(H,110,128)(H4,98,99,101)/t55-,61-,66-,67-,68-,69-,70-,71-,72-,73-,74-,75-,76-,77-/m0/s1. The van der Waals surface area contributed by atoms with E-state index in [0.717, 1.165) is 32.3 Å². The van der Waals surface area contributed by atoms with Gasteiger partial charge in [0.05, 0.1) is 42.8 Å². The molecule has 4 aliphatic rings. The summed E-state index contributed by atoms with van der Waals surface area (Å²) in [5, 5.41) is 70.1. The predicted octanol–water partition coefficient (Wildman–Crippen LogP) is 1.95. The third-order valence-corrected chi connectivity index (χ3v) is 26.3. The summed E-state index contributed by atoms with van der Waals surface area (Å²) in [6.45, 7) is 7.76. The summed E-state index contributed by atoms with van der Waals surface area (Å²) in [6, 6.07) is 7.58. The van der Waals surface area contributed by atoms with E-state index < -0.39 is 223 Å². The fourth-order valence-electron chi connectivity index (χ4n) is 17.6. The number of nitrogens with zero attached hydrogens (tertiary/aromatic N) is 9. The van der Waals surface area contributed by atoms with Gasteiger partial charge in [-0.25, -0.2) is 4.68 Å². The van der Waals surface area contributed by atoms with Crippen molar-refractivity contribution in [1.29, 1.82) is 5.41 Å². The third kappa shape index (κ3) is 29.3. The Morgan fingerprint density at radius 2 is 1.20 bits per heavy atom. The number of nitrogens with one attached hydrogen (secondary N) is 11. The fraction of sp³-hybridized carbons (Fsp3) is 0.526. The Hall–Kier alpha value is -13.5. The molecule has 0 unspecified atom stereocenters. The topological polar surface area (TPSA) is 608 Å². The number of benzene rings is 4. The van der Waals surface area contributed by atoms with Gasteiger partial charge in [0.2, 0.25) is 82.7 Å². The van der Waals surface area contributed by atoms with Gasteiger partial charge in [-0.3, -0.25) is 87.1 Å². The van der Waals surface area contributed by atoms with Crippen molar-refractivity contribution in [2.24, 2.45) is 34.0 Å². The second kappa shape index (κ2) is 50.9. The van der Waals surface area contributed by atoms with Crippen LogP contribution in [-0.2, 0) is 96.0 Å². The van der Waals surface area contributed by atoms with E-state index in [1.165, 1.54) is 66.0 Å². The number of hydrogen-bond acceptors (Lipinski definition) is 24. The molecule has 0 bridgehead atoms. The summed E-state index contributed by atoms with van der Waals surface area (Å²) < 4.78 is 1.28. The normalized spacial score (nSPS) is 24.3. The number of phenols is 1. The van der Waals surface area contributed by atoms with E-state index in [9.17, 15) is 48.6 Å². The highest BCUT2D eigenvalue weighted by molar-refractivity contribution is 8.00. The van der Waals surface area contributed by atoms with Gasteiger partial charge in [0, 0.05) is 114 Å². The van der Waals surface area contributed by atoms with E-state index in [0.29, 0.717) is 65.3 Å². The number of phenolic OH excluding ortho intramolecular Hbond substituents is 1. The van der Waals surface area contributed by atoms with Gasteiger partial charge in [0.15, 0.2) is 23.4 Å². The number of nitrogens with two attached hydrogens (primary N) is 3. The number of aliphatic hydroxyl groups is 1. The summed E-state index contributed by atoms with van der Waals surface area (Å²) in [7, 11) is 2.65. The number of aromatic hydroxyl groups is 1. The maximum atomic E-state index is 15.9. The molecule has 137 heavy (non-hydrogen) atoms. The van der Waals surface area contributed by atoms with Gasteiger partial charge in [-0.15, -0.1) is 16.9 Å². The fourth-order valence-corrected chi connectivity index (χ4v) is 18.5. The van der Waals surface area contributed by atoms with Crippen LogP contribution in [0.25, 0.3) is 21.7 Å². The van der Waals surface area contributed by atoms with Crippen LogP contribution in [0.5, 0.6) is 5.75 Å². The molecule has 19 N–H and O–H groups in total. The average molecular weight is 1910 g/mol. The molecule has 42 heteroatoms. The lowest BCUT2D eigenvalue weighted by molar-refractivity contribution is -0.145. The molecule has 2 fully saturated rings. The summed E-state index contributed by atoms with van der Waals surface area (Å²) in [5.74, 6) is -16.5. The number of primary amides is 2. The highest BCUT2D eigenvalue weighted by atomic mass is 32.2. The molecule has 4 aliphatic heterocycles. The van der Waals surface area contributed by atoms with Crippen molar-refractivity contribution >= 4 is 140 Å². The van der Waals surface area contributed by atoms with E-state index >= 15 is 38.4 Å². The Bertz CT molecular complexity index is 5410. The van der Waals surface area contributed by atoms with Crippen LogP contribution < -0.4 is 65.1 Å². The van der Waals surface area contributed by atoms with Gasteiger partial charge < -0.3 is 99.8 Å². The molecule has 0 aliphatic carbocycles. The van der Waals surface area contributed by atoms with E-state index in [-0.39, 0.29) is 126 Å². The lowest BCUT2D eigenvalue weighted by Gasteiger charge is -2.33. The molecular formula is C95H129N23O18S. The summed E-state index contributed by atoms with van der Waals surface area (Å²) in [5.41, 5.74) is 19.9. The highest BCUT2D eigenvalue weighted by Gasteiger charge is 2.46. The number of fused-ring (bicyclic) bond motifs is 5.